The van der Waals surface area contributed by atoms with Gasteiger partial charge in [0.2, 0.25) is 11.9 Å². The van der Waals surface area contributed by atoms with E-state index in [1.807, 2.05) is 122 Å². The number of aryl methyl sites for hydroxylation is 2. The molecule has 0 radical (unpaired) electrons. The highest BCUT2D eigenvalue weighted by Crippen LogP contribution is 2.26. The molecule has 41 heavy (non-hydrogen) atoms. The lowest BCUT2D eigenvalue weighted by Gasteiger charge is -2.23. The number of methoxy groups -OCH3 is 1. The predicted octanol–water partition coefficient (Wildman–Crippen LogP) is 6.45. The van der Waals surface area contributed by atoms with Crippen molar-refractivity contribution in [2.75, 3.05) is 19.0 Å². The highest BCUT2D eigenvalue weighted by molar-refractivity contribution is 6.00. The number of imidazole rings is 1. The third-order valence-corrected chi connectivity index (χ3v) is 6.87. The smallest absolute Gasteiger partial charge is 0.254 e. The fourth-order valence-electron chi connectivity index (χ4n) is 4.60. The van der Waals surface area contributed by atoms with Gasteiger partial charge in [0.1, 0.15) is 12.3 Å². The number of ether oxygens (including phenoxy) is 1. The molecule has 0 bridgehead atoms. The summed E-state index contributed by atoms with van der Waals surface area (Å²) in [4.78, 5) is 33.5. The lowest BCUT2D eigenvalue weighted by molar-refractivity contribution is -0.117. The summed E-state index contributed by atoms with van der Waals surface area (Å²) in [5.74, 6) is 0.566. The fraction of sp³-hybridized carbons (Fsp3) is 0.147. The molecule has 0 aliphatic rings. The van der Waals surface area contributed by atoms with Gasteiger partial charge in [-0.25, -0.2) is 4.98 Å². The van der Waals surface area contributed by atoms with Crippen molar-refractivity contribution in [1.82, 2.24) is 14.5 Å². The van der Waals surface area contributed by atoms with E-state index in [9.17, 15) is 9.59 Å². The zero-order chi connectivity index (χ0) is 28.8. The van der Waals surface area contributed by atoms with Gasteiger partial charge >= 0.3 is 0 Å². The van der Waals surface area contributed by atoms with Crippen LogP contribution < -0.4 is 10.1 Å². The second-order valence-electron chi connectivity index (χ2n) is 9.89. The molecular formula is C34H32N4O3. The van der Waals surface area contributed by atoms with Gasteiger partial charge < -0.3 is 9.64 Å². The average molecular weight is 545 g/mol. The van der Waals surface area contributed by atoms with Crippen LogP contribution in [0.3, 0.4) is 0 Å². The summed E-state index contributed by atoms with van der Waals surface area (Å²) in [5.41, 5.74) is 5.92. The van der Waals surface area contributed by atoms with E-state index in [-0.39, 0.29) is 18.4 Å². The van der Waals surface area contributed by atoms with Gasteiger partial charge in [0, 0.05) is 29.6 Å². The minimum absolute atomic E-state index is 0.138. The highest BCUT2D eigenvalue weighted by atomic mass is 16.5. The quantitative estimate of drug-likeness (QED) is 0.232. The molecular weight excluding hydrogens is 512 g/mol. The van der Waals surface area contributed by atoms with Crippen LogP contribution in [0, 0.1) is 13.8 Å². The minimum atomic E-state index is -0.344. The molecule has 5 rings (SSSR count). The molecule has 7 nitrogen and oxygen atoms in total. The summed E-state index contributed by atoms with van der Waals surface area (Å²) in [6, 6.07) is 32.7. The summed E-state index contributed by atoms with van der Waals surface area (Å²) in [6.45, 7) is 4.08. The highest BCUT2D eigenvalue weighted by Gasteiger charge is 2.22. The molecule has 1 N–H and O–H groups in total. The Kier molecular flexibility index (Phi) is 8.25. The van der Waals surface area contributed by atoms with E-state index < -0.39 is 0 Å². The van der Waals surface area contributed by atoms with E-state index in [2.05, 4.69) is 5.32 Å². The maximum absolute atomic E-state index is 13.6. The molecule has 0 fully saturated rings. The topological polar surface area (TPSA) is 76.5 Å². The van der Waals surface area contributed by atoms with Gasteiger partial charge in [-0.05, 0) is 67.4 Å². The van der Waals surface area contributed by atoms with Crippen LogP contribution in [-0.2, 0) is 11.3 Å². The number of aromatic nitrogens is 2. The van der Waals surface area contributed by atoms with Crippen molar-refractivity contribution in [1.29, 1.82) is 0 Å². The van der Waals surface area contributed by atoms with Crippen molar-refractivity contribution in [3.8, 4) is 22.7 Å². The van der Waals surface area contributed by atoms with Crippen LogP contribution in [0.15, 0.2) is 109 Å². The van der Waals surface area contributed by atoms with Gasteiger partial charge in [0.15, 0.2) is 0 Å². The van der Waals surface area contributed by atoms with Crippen molar-refractivity contribution < 1.29 is 14.3 Å². The second-order valence-corrected chi connectivity index (χ2v) is 9.89. The van der Waals surface area contributed by atoms with Crippen molar-refractivity contribution >= 4 is 17.8 Å². The molecule has 1 aromatic heterocycles. The molecule has 206 valence electrons. The number of hydrogen-bond acceptors (Lipinski definition) is 4. The normalized spacial score (nSPS) is 10.7. The molecule has 0 saturated carbocycles. The van der Waals surface area contributed by atoms with Crippen LogP contribution in [0.2, 0.25) is 0 Å². The predicted molar refractivity (Wildman–Crippen MR) is 161 cm³/mol. The maximum Gasteiger partial charge on any atom is 0.254 e. The first-order chi connectivity index (χ1) is 19.9. The lowest BCUT2D eigenvalue weighted by Crippen LogP contribution is -2.38. The summed E-state index contributed by atoms with van der Waals surface area (Å²) in [6.07, 6.45) is 1.89. The van der Waals surface area contributed by atoms with E-state index in [0.29, 0.717) is 23.8 Å². The number of carbonyl (C=O) groups is 2. The van der Waals surface area contributed by atoms with Gasteiger partial charge in [-0.3, -0.25) is 19.5 Å². The Morgan fingerprint density at radius 3 is 2.22 bits per heavy atom. The third kappa shape index (κ3) is 6.53. The Balaban J connectivity index is 1.45. The summed E-state index contributed by atoms with van der Waals surface area (Å²) < 4.78 is 7.14. The van der Waals surface area contributed by atoms with Crippen LogP contribution in [0.25, 0.3) is 16.9 Å². The first-order valence-corrected chi connectivity index (χ1v) is 13.4. The number of hydrogen-bond donors (Lipinski definition) is 1. The van der Waals surface area contributed by atoms with Crippen LogP contribution in [0.5, 0.6) is 5.75 Å². The van der Waals surface area contributed by atoms with E-state index in [4.69, 9.17) is 9.72 Å². The summed E-state index contributed by atoms with van der Waals surface area (Å²) in [7, 11) is 1.62. The Morgan fingerprint density at radius 1 is 0.854 bits per heavy atom. The first kappa shape index (κ1) is 27.4. The van der Waals surface area contributed by atoms with Crippen LogP contribution in [-0.4, -0.2) is 39.9 Å². The fourth-order valence-corrected chi connectivity index (χ4v) is 4.60. The van der Waals surface area contributed by atoms with Gasteiger partial charge in [-0.15, -0.1) is 0 Å². The van der Waals surface area contributed by atoms with E-state index in [1.165, 1.54) is 0 Å². The Labute approximate surface area is 240 Å². The van der Waals surface area contributed by atoms with Crippen molar-refractivity contribution in [3.63, 3.8) is 0 Å². The number of nitrogens with one attached hydrogen (secondary N) is 1. The molecule has 0 saturated heterocycles. The van der Waals surface area contributed by atoms with Gasteiger partial charge in [0.05, 0.1) is 12.8 Å². The number of carbonyl (C=O) groups excluding carboxylic acids is 2. The van der Waals surface area contributed by atoms with Crippen molar-refractivity contribution in [2.45, 2.75) is 20.4 Å². The van der Waals surface area contributed by atoms with Crippen molar-refractivity contribution in [3.05, 3.63) is 132 Å². The number of rotatable bonds is 9. The zero-order valence-electron chi connectivity index (χ0n) is 23.4. The van der Waals surface area contributed by atoms with E-state index >= 15 is 0 Å². The van der Waals surface area contributed by atoms with Gasteiger partial charge in [-0.1, -0.05) is 66.2 Å². The number of anilines is 1. The maximum atomic E-state index is 13.6. The van der Waals surface area contributed by atoms with E-state index in [0.717, 1.165) is 33.7 Å². The molecule has 5 aromatic rings. The first-order valence-electron chi connectivity index (χ1n) is 13.4. The SMILES string of the molecule is COc1ccc(-c2cn(-c3ccc(C)cc3)c(NC(=O)CN(Cc3ccccc3)C(=O)c3ccccc3C)n2)cc1. The second kappa shape index (κ2) is 12.3. The molecule has 0 aliphatic heterocycles. The molecule has 1 heterocycles. The monoisotopic (exact) mass is 544 g/mol. The van der Waals surface area contributed by atoms with E-state index in [1.54, 1.807) is 18.1 Å². The molecule has 0 aliphatic carbocycles. The van der Waals surface area contributed by atoms with Crippen molar-refractivity contribution in [2.24, 2.45) is 0 Å². The zero-order valence-corrected chi connectivity index (χ0v) is 23.4. The minimum Gasteiger partial charge on any atom is -0.497 e. The lowest BCUT2D eigenvalue weighted by atomic mass is 10.1. The Hall–Kier alpha value is -5.17. The number of amides is 2. The molecule has 4 aromatic carbocycles. The Bertz CT molecular complexity index is 1640. The molecule has 0 unspecified atom stereocenters. The van der Waals surface area contributed by atoms with Crippen LogP contribution in [0.1, 0.15) is 27.0 Å². The largest absolute Gasteiger partial charge is 0.497 e. The standard InChI is InChI=1S/C34H32N4O3/c1-24-13-17-28(18-14-24)38-22-31(27-15-19-29(41-3)20-16-27)35-34(38)36-32(39)23-37(21-26-10-5-4-6-11-26)33(40)30-12-8-7-9-25(30)2/h4-20,22H,21,23H2,1-3H3,(H,35,36,39). The summed E-state index contributed by atoms with van der Waals surface area (Å²) in [5, 5.41) is 2.97. The third-order valence-electron chi connectivity index (χ3n) is 6.87. The molecule has 0 atom stereocenters. The molecule has 0 spiro atoms. The average Bonchev–Trinajstić information content (AvgIpc) is 3.41. The van der Waals surface area contributed by atoms with Crippen LogP contribution in [0.4, 0.5) is 5.95 Å². The Morgan fingerprint density at radius 2 is 1.54 bits per heavy atom. The number of nitrogens with zero attached hydrogens (tertiary/aromatic N) is 3. The summed E-state index contributed by atoms with van der Waals surface area (Å²) >= 11 is 0. The molecule has 7 heteroatoms. The van der Waals surface area contributed by atoms with Gasteiger partial charge in [0.25, 0.3) is 5.91 Å². The van der Waals surface area contributed by atoms with Crippen LogP contribution >= 0.6 is 0 Å². The number of benzene rings is 4. The molecule has 2 amide bonds. The van der Waals surface area contributed by atoms with Gasteiger partial charge in [-0.2, -0.15) is 0 Å².